The molecule has 7 heteroatoms. The zero-order chi connectivity index (χ0) is 15.1. The van der Waals surface area contributed by atoms with Gasteiger partial charge < -0.3 is 14.4 Å². The molecule has 0 aliphatic rings. The zero-order valence-corrected chi connectivity index (χ0v) is 13.1. The zero-order valence-electron chi connectivity index (χ0n) is 12.3. The molecule has 0 aromatic carbocycles. The van der Waals surface area contributed by atoms with Crippen molar-refractivity contribution in [1.82, 2.24) is 5.32 Å². The maximum Gasteiger partial charge on any atom is 0.222 e. The van der Waals surface area contributed by atoms with Crippen molar-refractivity contribution in [1.29, 1.82) is 0 Å². The largest absolute Gasteiger partial charge is 0.748 e. The predicted octanol–water partition coefficient (Wildman–Crippen LogP) is 0.160. The van der Waals surface area contributed by atoms with E-state index in [1.807, 2.05) is 27.7 Å². The summed E-state index contributed by atoms with van der Waals surface area (Å²) in [6.07, 6.45) is 0. The van der Waals surface area contributed by atoms with Crippen molar-refractivity contribution in [2.24, 2.45) is 5.92 Å². The molecule has 0 saturated carbocycles. The highest BCUT2D eigenvalue weighted by atomic mass is 32.2. The van der Waals surface area contributed by atoms with Crippen LogP contribution in [0.4, 0.5) is 0 Å². The molecule has 1 amide bonds. The smallest absolute Gasteiger partial charge is 0.222 e. The third-order valence-corrected chi connectivity index (χ3v) is 4.25. The van der Waals surface area contributed by atoms with Gasteiger partial charge in [-0.1, -0.05) is 13.8 Å². The molecule has 0 saturated heterocycles. The van der Waals surface area contributed by atoms with Crippen LogP contribution in [-0.2, 0) is 14.9 Å². The van der Waals surface area contributed by atoms with Crippen LogP contribution < -0.4 is 5.32 Å². The fraction of sp³-hybridized carbons (Fsp3) is 0.917. The Kier molecular flexibility index (Phi) is 7.54. The van der Waals surface area contributed by atoms with Crippen molar-refractivity contribution in [2.75, 3.05) is 38.5 Å². The van der Waals surface area contributed by atoms with Crippen LogP contribution in [0.2, 0.25) is 0 Å². The molecule has 0 aromatic rings. The molecule has 0 unspecified atom stereocenters. The summed E-state index contributed by atoms with van der Waals surface area (Å²) >= 11 is 0. The lowest BCUT2D eigenvalue weighted by atomic mass is 10.2. The first-order valence-electron chi connectivity index (χ1n) is 6.72. The maximum atomic E-state index is 11.5. The summed E-state index contributed by atoms with van der Waals surface area (Å²) in [6, 6.07) is 0. The Bertz CT molecular complexity index is 375. The van der Waals surface area contributed by atoms with Gasteiger partial charge in [-0.05, 0) is 13.8 Å². The van der Waals surface area contributed by atoms with Gasteiger partial charge in [-0.25, -0.2) is 8.42 Å². The van der Waals surface area contributed by atoms with E-state index in [1.165, 1.54) is 0 Å². The summed E-state index contributed by atoms with van der Waals surface area (Å²) in [6.45, 7) is 10.5. The number of nitrogens with zero attached hydrogens (tertiary/aromatic N) is 1. The molecule has 0 fully saturated rings. The Morgan fingerprint density at radius 1 is 1.21 bits per heavy atom. The molecule has 1 N–H and O–H groups in total. The minimum absolute atomic E-state index is 0.0123. The number of rotatable bonds is 9. The first-order valence-corrected chi connectivity index (χ1v) is 8.30. The second kappa shape index (κ2) is 7.81. The van der Waals surface area contributed by atoms with Gasteiger partial charge in [-0.2, -0.15) is 0 Å². The van der Waals surface area contributed by atoms with E-state index in [4.69, 9.17) is 0 Å². The van der Waals surface area contributed by atoms with E-state index in [2.05, 4.69) is 5.32 Å². The number of likely N-dealkylation sites (N-methyl/N-ethyl adjacent to an activating group) is 1. The molecule has 0 aromatic heterocycles. The molecule has 0 radical (unpaired) electrons. The van der Waals surface area contributed by atoms with Crippen LogP contribution >= 0.6 is 0 Å². The minimum atomic E-state index is -4.19. The van der Waals surface area contributed by atoms with Crippen LogP contribution in [0.5, 0.6) is 0 Å². The second-order valence-electron chi connectivity index (χ2n) is 5.13. The number of hydrogen-bond acceptors (Lipinski definition) is 4. The lowest BCUT2D eigenvalue weighted by molar-refractivity contribution is -0.921. The van der Waals surface area contributed by atoms with Crippen molar-refractivity contribution >= 4 is 16.0 Å². The molecular formula is C12H26N2O4S. The third kappa shape index (κ3) is 7.49. The van der Waals surface area contributed by atoms with Gasteiger partial charge in [0.1, 0.15) is 10.1 Å². The molecule has 19 heavy (non-hydrogen) atoms. The molecule has 0 spiro atoms. The summed E-state index contributed by atoms with van der Waals surface area (Å²) in [5.41, 5.74) is 0. The Hall–Kier alpha value is -0.660. The third-order valence-electron chi connectivity index (χ3n) is 3.57. The van der Waals surface area contributed by atoms with Crippen molar-refractivity contribution < 1.29 is 22.2 Å². The van der Waals surface area contributed by atoms with Crippen molar-refractivity contribution in [3.8, 4) is 0 Å². The molecular weight excluding hydrogens is 268 g/mol. The van der Waals surface area contributed by atoms with Crippen LogP contribution in [0.15, 0.2) is 0 Å². The molecule has 0 bridgehead atoms. The minimum Gasteiger partial charge on any atom is -0.748 e. The highest BCUT2D eigenvalue weighted by molar-refractivity contribution is 7.85. The number of amides is 1. The number of nitrogens with one attached hydrogen (secondary N) is 1. The lowest BCUT2D eigenvalue weighted by Gasteiger charge is -2.37. The standard InChI is InChI=1S/C12H26N2O4S/c1-5-14(6-2,9-10-19(16,17)18)8-7-13-12(15)11(3)4/h11H,5-10H2,1-4H3,(H-,13,15,16,17,18). The van der Waals surface area contributed by atoms with Gasteiger partial charge in [0.2, 0.25) is 5.91 Å². The highest BCUT2D eigenvalue weighted by Gasteiger charge is 2.24. The van der Waals surface area contributed by atoms with Gasteiger partial charge in [-0.3, -0.25) is 4.79 Å². The molecule has 0 rings (SSSR count). The Morgan fingerprint density at radius 3 is 2.11 bits per heavy atom. The van der Waals surface area contributed by atoms with Gasteiger partial charge >= 0.3 is 0 Å². The van der Waals surface area contributed by atoms with Crippen LogP contribution in [-0.4, -0.2) is 61.8 Å². The quantitative estimate of drug-likeness (QED) is 0.485. The van der Waals surface area contributed by atoms with E-state index in [0.717, 1.165) is 13.1 Å². The molecule has 0 aliphatic carbocycles. The summed E-state index contributed by atoms with van der Waals surface area (Å²) in [4.78, 5) is 11.5. The van der Waals surface area contributed by atoms with Crippen LogP contribution in [0.25, 0.3) is 0 Å². The normalized spacial score (nSPS) is 12.7. The van der Waals surface area contributed by atoms with Gasteiger partial charge in [0, 0.05) is 5.92 Å². The van der Waals surface area contributed by atoms with Gasteiger partial charge in [-0.15, -0.1) is 0 Å². The number of quaternary nitrogens is 1. The number of hydrogen-bond donors (Lipinski definition) is 1. The van der Waals surface area contributed by atoms with E-state index in [-0.39, 0.29) is 17.6 Å². The van der Waals surface area contributed by atoms with Crippen molar-refractivity contribution in [2.45, 2.75) is 27.7 Å². The molecule has 0 aliphatic heterocycles. The van der Waals surface area contributed by atoms with Crippen LogP contribution in [0.3, 0.4) is 0 Å². The maximum absolute atomic E-state index is 11.5. The summed E-state index contributed by atoms with van der Waals surface area (Å²) in [7, 11) is -4.19. The molecule has 114 valence electrons. The summed E-state index contributed by atoms with van der Waals surface area (Å²) in [5, 5.41) is 2.82. The monoisotopic (exact) mass is 294 g/mol. The van der Waals surface area contributed by atoms with E-state index in [9.17, 15) is 17.8 Å². The predicted molar refractivity (Wildman–Crippen MR) is 73.5 cm³/mol. The molecule has 0 heterocycles. The first-order chi connectivity index (χ1) is 8.66. The van der Waals surface area contributed by atoms with Gasteiger partial charge in [0.15, 0.2) is 0 Å². The fourth-order valence-electron chi connectivity index (χ4n) is 1.89. The van der Waals surface area contributed by atoms with E-state index in [0.29, 0.717) is 24.1 Å². The van der Waals surface area contributed by atoms with Gasteiger partial charge in [0.05, 0.1) is 38.5 Å². The number of carbonyl (C=O) groups is 1. The number of carbonyl (C=O) groups excluding carboxylic acids is 1. The fourth-order valence-corrected chi connectivity index (χ4v) is 2.50. The molecule has 0 atom stereocenters. The van der Waals surface area contributed by atoms with E-state index in [1.54, 1.807) is 0 Å². The Balaban J connectivity index is 4.42. The molecule has 6 nitrogen and oxygen atoms in total. The van der Waals surface area contributed by atoms with Crippen LogP contribution in [0, 0.1) is 5.92 Å². The average molecular weight is 294 g/mol. The van der Waals surface area contributed by atoms with Gasteiger partial charge in [0.25, 0.3) is 0 Å². The average Bonchev–Trinajstić information content (AvgIpc) is 2.32. The van der Waals surface area contributed by atoms with E-state index >= 15 is 0 Å². The summed E-state index contributed by atoms with van der Waals surface area (Å²) < 4.78 is 32.8. The van der Waals surface area contributed by atoms with Crippen LogP contribution in [0.1, 0.15) is 27.7 Å². The Morgan fingerprint density at radius 2 is 1.74 bits per heavy atom. The topological polar surface area (TPSA) is 86.3 Å². The van der Waals surface area contributed by atoms with Crippen molar-refractivity contribution in [3.05, 3.63) is 0 Å². The second-order valence-corrected chi connectivity index (χ2v) is 6.65. The van der Waals surface area contributed by atoms with E-state index < -0.39 is 10.1 Å². The highest BCUT2D eigenvalue weighted by Crippen LogP contribution is 2.06. The summed E-state index contributed by atoms with van der Waals surface area (Å²) in [5.74, 6) is -0.429. The first kappa shape index (κ1) is 18.3. The SMILES string of the molecule is CC[N+](CC)(CCNC(=O)C(C)C)CCS(=O)(=O)[O-]. The van der Waals surface area contributed by atoms with Crippen molar-refractivity contribution in [3.63, 3.8) is 0 Å². The Labute approximate surface area is 116 Å². The lowest BCUT2D eigenvalue weighted by Crippen LogP contribution is -2.54.